The van der Waals surface area contributed by atoms with Crippen LogP contribution in [0.25, 0.3) is 10.2 Å². The number of amides is 1. The van der Waals surface area contributed by atoms with Crippen molar-refractivity contribution in [3.63, 3.8) is 0 Å². The van der Waals surface area contributed by atoms with Crippen molar-refractivity contribution in [1.29, 1.82) is 0 Å². The molecule has 2 N–H and O–H groups in total. The Hall–Kier alpha value is -1.48. The van der Waals surface area contributed by atoms with E-state index in [-0.39, 0.29) is 29.8 Å². The molecule has 0 bridgehead atoms. The second-order valence-corrected chi connectivity index (χ2v) is 8.43. The Morgan fingerprint density at radius 1 is 1.37 bits per heavy atom. The highest BCUT2D eigenvalue weighted by Gasteiger charge is 2.36. The van der Waals surface area contributed by atoms with Crippen molar-refractivity contribution in [2.45, 2.75) is 39.8 Å². The number of nitrogens with two attached hydrogens (primary N) is 1. The standard InChI is InChI=1S/C18H26N4O3S.ClH/c1-10-13-15(25-5)20-12(8-24-4)21-16(13)26-14(10)17(23)22-7-6-11(19)18(2,3)9-22;/h11H,6-9,19H2,1-5H3;1H. The molecule has 7 nitrogen and oxygen atoms in total. The van der Waals surface area contributed by atoms with E-state index in [0.717, 1.165) is 22.2 Å². The summed E-state index contributed by atoms with van der Waals surface area (Å²) in [7, 11) is 3.17. The highest BCUT2D eigenvalue weighted by molar-refractivity contribution is 7.20. The Morgan fingerprint density at radius 2 is 2.07 bits per heavy atom. The number of aromatic nitrogens is 2. The third-order valence-corrected chi connectivity index (χ3v) is 6.24. The monoisotopic (exact) mass is 414 g/mol. The smallest absolute Gasteiger partial charge is 0.264 e. The number of aryl methyl sites for hydroxylation is 1. The lowest BCUT2D eigenvalue weighted by molar-refractivity contribution is 0.0537. The topological polar surface area (TPSA) is 90.6 Å². The third-order valence-electron chi connectivity index (χ3n) is 5.06. The van der Waals surface area contributed by atoms with Crippen LogP contribution in [-0.2, 0) is 11.3 Å². The zero-order valence-corrected chi connectivity index (χ0v) is 18.0. The van der Waals surface area contributed by atoms with Gasteiger partial charge in [0.2, 0.25) is 5.88 Å². The van der Waals surface area contributed by atoms with Crippen LogP contribution in [-0.4, -0.2) is 54.1 Å². The van der Waals surface area contributed by atoms with Crippen LogP contribution in [0.5, 0.6) is 5.88 Å². The van der Waals surface area contributed by atoms with Crippen LogP contribution in [0.15, 0.2) is 0 Å². The normalized spacial score (nSPS) is 19.0. The summed E-state index contributed by atoms with van der Waals surface area (Å²) in [6.45, 7) is 7.77. The van der Waals surface area contributed by atoms with Gasteiger partial charge in [-0.3, -0.25) is 4.79 Å². The van der Waals surface area contributed by atoms with E-state index < -0.39 is 0 Å². The van der Waals surface area contributed by atoms with E-state index in [1.807, 2.05) is 11.8 Å². The molecule has 150 valence electrons. The lowest BCUT2D eigenvalue weighted by Crippen LogP contribution is -2.53. The van der Waals surface area contributed by atoms with Crippen molar-refractivity contribution in [1.82, 2.24) is 14.9 Å². The van der Waals surface area contributed by atoms with Crippen molar-refractivity contribution < 1.29 is 14.3 Å². The largest absolute Gasteiger partial charge is 0.480 e. The number of piperidine rings is 1. The van der Waals surface area contributed by atoms with E-state index >= 15 is 0 Å². The first-order valence-corrected chi connectivity index (χ1v) is 9.48. The first kappa shape index (κ1) is 21.8. The van der Waals surface area contributed by atoms with E-state index in [9.17, 15) is 4.79 Å². The lowest BCUT2D eigenvalue weighted by Gasteiger charge is -2.42. The van der Waals surface area contributed by atoms with Gasteiger partial charge in [-0.15, -0.1) is 23.7 Å². The number of likely N-dealkylation sites (tertiary alicyclic amines) is 1. The molecule has 1 amide bonds. The quantitative estimate of drug-likeness (QED) is 0.827. The number of hydrogen-bond acceptors (Lipinski definition) is 7. The van der Waals surface area contributed by atoms with Gasteiger partial charge < -0.3 is 20.1 Å². The van der Waals surface area contributed by atoms with Crippen molar-refractivity contribution in [2.24, 2.45) is 11.1 Å². The summed E-state index contributed by atoms with van der Waals surface area (Å²) in [6, 6.07) is 0.109. The predicted octanol–water partition coefficient (Wildman–Crippen LogP) is 2.78. The fraction of sp³-hybridized carbons (Fsp3) is 0.611. The number of fused-ring (bicyclic) bond motifs is 1. The number of halogens is 1. The summed E-state index contributed by atoms with van der Waals surface area (Å²) in [5.41, 5.74) is 6.97. The summed E-state index contributed by atoms with van der Waals surface area (Å²) in [5, 5.41) is 0.800. The maximum Gasteiger partial charge on any atom is 0.264 e. The van der Waals surface area contributed by atoms with Gasteiger partial charge in [0, 0.05) is 26.2 Å². The van der Waals surface area contributed by atoms with Crippen LogP contribution < -0.4 is 10.5 Å². The number of nitrogens with zero attached hydrogens (tertiary/aromatic N) is 3. The molecule has 1 aliphatic heterocycles. The molecule has 1 atom stereocenters. The zero-order valence-electron chi connectivity index (χ0n) is 16.4. The van der Waals surface area contributed by atoms with Crippen molar-refractivity contribution in [3.05, 3.63) is 16.3 Å². The molecule has 1 unspecified atom stereocenters. The first-order chi connectivity index (χ1) is 12.3. The number of thiophene rings is 1. The van der Waals surface area contributed by atoms with Crippen molar-refractivity contribution in [3.8, 4) is 5.88 Å². The molecule has 0 spiro atoms. The molecule has 1 fully saturated rings. The van der Waals surface area contributed by atoms with Gasteiger partial charge in [-0.2, -0.15) is 4.98 Å². The molecule has 27 heavy (non-hydrogen) atoms. The maximum atomic E-state index is 13.2. The zero-order chi connectivity index (χ0) is 19.1. The molecule has 9 heteroatoms. The second kappa shape index (κ2) is 8.26. The molecule has 1 saturated heterocycles. The Labute approximate surface area is 169 Å². The van der Waals surface area contributed by atoms with Crippen LogP contribution in [0.1, 0.15) is 41.3 Å². The highest BCUT2D eigenvalue weighted by Crippen LogP contribution is 2.37. The number of methoxy groups -OCH3 is 2. The predicted molar refractivity (Wildman–Crippen MR) is 109 cm³/mol. The number of hydrogen-bond donors (Lipinski definition) is 1. The summed E-state index contributed by atoms with van der Waals surface area (Å²) in [4.78, 5) is 25.4. The molecule has 0 saturated carbocycles. The maximum absolute atomic E-state index is 13.2. The lowest BCUT2D eigenvalue weighted by atomic mass is 9.79. The van der Waals surface area contributed by atoms with Gasteiger partial charge in [0.25, 0.3) is 5.91 Å². The molecular formula is C18H27ClN4O3S. The minimum atomic E-state index is -0.0956. The summed E-state index contributed by atoms with van der Waals surface area (Å²) >= 11 is 1.39. The van der Waals surface area contributed by atoms with Gasteiger partial charge in [-0.05, 0) is 24.3 Å². The van der Waals surface area contributed by atoms with Crippen LogP contribution in [0.4, 0.5) is 0 Å². The minimum absolute atomic E-state index is 0. The fourth-order valence-corrected chi connectivity index (χ4v) is 4.54. The molecule has 2 aromatic heterocycles. The van der Waals surface area contributed by atoms with E-state index in [1.54, 1.807) is 14.2 Å². The van der Waals surface area contributed by atoms with E-state index in [0.29, 0.717) is 36.3 Å². The van der Waals surface area contributed by atoms with Crippen LogP contribution in [0.3, 0.4) is 0 Å². The van der Waals surface area contributed by atoms with Gasteiger partial charge in [-0.25, -0.2) is 4.98 Å². The van der Waals surface area contributed by atoms with Gasteiger partial charge in [0.15, 0.2) is 5.82 Å². The van der Waals surface area contributed by atoms with E-state index in [2.05, 4.69) is 23.8 Å². The average Bonchev–Trinajstić information content (AvgIpc) is 2.93. The molecule has 3 heterocycles. The third kappa shape index (κ3) is 4.03. The van der Waals surface area contributed by atoms with Crippen LogP contribution in [0, 0.1) is 12.3 Å². The number of rotatable bonds is 4. The molecule has 2 aromatic rings. The Balaban J connectivity index is 0.00000261. The second-order valence-electron chi connectivity index (χ2n) is 7.43. The van der Waals surface area contributed by atoms with Crippen molar-refractivity contribution in [2.75, 3.05) is 27.3 Å². The molecular weight excluding hydrogens is 388 g/mol. The Bertz CT molecular complexity index is 840. The molecule has 3 rings (SSSR count). The van der Waals surface area contributed by atoms with E-state index in [4.69, 9.17) is 15.2 Å². The van der Waals surface area contributed by atoms with Gasteiger partial charge in [-0.1, -0.05) is 13.8 Å². The molecule has 0 radical (unpaired) electrons. The number of carbonyl (C=O) groups is 1. The molecule has 1 aliphatic rings. The molecule has 0 aromatic carbocycles. The van der Waals surface area contributed by atoms with Crippen LogP contribution in [0.2, 0.25) is 0 Å². The number of carbonyl (C=O) groups excluding carboxylic acids is 1. The summed E-state index contributed by atoms with van der Waals surface area (Å²) in [6.07, 6.45) is 0.809. The van der Waals surface area contributed by atoms with Crippen LogP contribution >= 0.6 is 23.7 Å². The van der Waals surface area contributed by atoms with Gasteiger partial charge in [0.05, 0.1) is 17.4 Å². The van der Waals surface area contributed by atoms with Gasteiger partial charge >= 0.3 is 0 Å². The van der Waals surface area contributed by atoms with E-state index in [1.165, 1.54) is 11.3 Å². The summed E-state index contributed by atoms with van der Waals surface area (Å²) in [5.74, 6) is 1.05. The summed E-state index contributed by atoms with van der Waals surface area (Å²) < 4.78 is 10.6. The fourth-order valence-electron chi connectivity index (χ4n) is 3.38. The minimum Gasteiger partial charge on any atom is -0.480 e. The SMILES string of the molecule is COCc1nc(OC)c2c(C)c(C(=O)N3CCC(N)C(C)(C)C3)sc2n1.Cl. The Kier molecular flexibility index (Phi) is 6.68. The number of ether oxygens (including phenoxy) is 2. The van der Waals surface area contributed by atoms with Crippen molar-refractivity contribution >= 4 is 39.9 Å². The van der Waals surface area contributed by atoms with Gasteiger partial charge in [0.1, 0.15) is 11.4 Å². The average molecular weight is 415 g/mol. The first-order valence-electron chi connectivity index (χ1n) is 8.66. The Morgan fingerprint density at radius 3 is 2.67 bits per heavy atom. The highest BCUT2D eigenvalue weighted by atomic mass is 35.5. The molecule has 0 aliphatic carbocycles.